The Morgan fingerprint density at radius 2 is 1.73 bits per heavy atom. The van der Waals surface area contributed by atoms with Crippen LogP contribution in [-0.2, 0) is 11.3 Å². The Morgan fingerprint density at radius 3 is 2.40 bits per heavy atom. The molecule has 1 aromatic heterocycles. The van der Waals surface area contributed by atoms with E-state index in [0.717, 1.165) is 71.1 Å². The predicted molar refractivity (Wildman–Crippen MR) is 124 cm³/mol. The SMILES string of the molecule is O=C(NC(CN1CCOCC1)c1ccccc1)N1CCN(Cc2ccc(Br)s2)CC1. The van der Waals surface area contributed by atoms with Gasteiger partial charge in [-0.15, -0.1) is 11.3 Å². The van der Waals surface area contributed by atoms with E-state index in [0.29, 0.717) is 0 Å². The van der Waals surface area contributed by atoms with Gasteiger partial charge in [-0.2, -0.15) is 0 Å². The molecule has 30 heavy (non-hydrogen) atoms. The fourth-order valence-corrected chi connectivity index (χ4v) is 5.49. The molecule has 1 atom stereocenters. The number of benzene rings is 1. The Hall–Kier alpha value is -1.45. The average molecular weight is 493 g/mol. The van der Waals surface area contributed by atoms with Gasteiger partial charge < -0.3 is 15.0 Å². The number of piperazine rings is 1. The van der Waals surface area contributed by atoms with E-state index in [9.17, 15) is 4.79 Å². The van der Waals surface area contributed by atoms with Gasteiger partial charge in [-0.05, 0) is 33.6 Å². The Bertz CT molecular complexity index is 804. The highest BCUT2D eigenvalue weighted by Crippen LogP contribution is 2.24. The van der Waals surface area contributed by atoms with Gasteiger partial charge >= 0.3 is 6.03 Å². The number of rotatable bonds is 6. The number of nitrogens with one attached hydrogen (secondary N) is 1. The van der Waals surface area contributed by atoms with Crippen molar-refractivity contribution in [3.05, 3.63) is 56.7 Å². The van der Waals surface area contributed by atoms with Crippen LogP contribution in [0.1, 0.15) is 16.5 Å². The minimum absolute atomic E-state index is 0.0155. The summed E-state index contributed by atoms with van der Waals surface area (Å²) < 4.78 is 6.64. The van der Waals surface area contributed by atoms with Gasteiger partial charge in [0.1, 0.15) is 0 Å². The maximum Gasteiger partial charge on any atom is 0.318 e. The molecule has 2 amide bonds. The molecular weight excluding hydrogens is 464 g/mol. The molecule has 3 heterocycles. The lowest BCUT2D eigenvalue weighted by molar-refractivity contribution is 0.0335. The summed E-state index contributed by atoms with van der Waals surface area (Å²) in [4.78, 5) is 21.1. The quantitative estimate of drug-likeness (QED) is 0.670. The molecule has 1 unspecified atom stereocenters. The number of hydrogen-bond acceptors (Lipinski definition) is 5. The largest absolute Gasteiger partial charge is 0.379 e. The lowest BCUT2D eigenvalue weighted by atomic mass is 10.1. The zero-order chi connectivity index (χ0) is 20.8. The van der Waals surface area contributed by atoms with E-state index in [-0.39, 0.29) is 12.1 Å². The number of nitrogens with zero attached hydrogens (tertiary/aromatic N) is 3. The van der Waals surface area contributed by atoms with Gasteiger partial charge in [0.2, 0.25) is 0 Å². The van der Waals surface area contributed by atoms with E-state index in [2.05, 4.69) is 55.3 Å². The molecule has 162 valence electrons. The highest BCUT2D eigenvalue weighted by atomic mass is 79.9. The Balaban J connectivity index is 1.32. The Kier molecular flexibility index (Phi) is 7.78. The molecule has 2 fully saturated rings. The highest BCUT2D eigenvalue weighted by molar-refractivity contribution is 9.11. The molecule has 8 heteroatoms. The van der Waals surface area contributed by atoms with Crippen LogP contribution < -0.4 is 5.32 Å². The summed E-state index contributed by atoms with van der Waals surface area (Å²) in [6.07, 6.45) is 0. The van der Waals surface area contributed by atoms with Gasteiger partial charge in [-0.3, -0.25) is 9.80 Å². The molecule has 0 radical (unpaired) electrons. The molecule has 0 bridgehead atoms. The first kappa shape index (κ1) is 21.8. The van der Waals surface area contributed by atoms with Crippen LogP contribution in [0.25, 0.3) is 0 Å². The Labute approximate surface area is 190 Å². The van der Waals surface area contributed by atoms with Crippen LogP contribution in [-0.4, -0.2) is 79.8 Å². The zero-order valence-corrected chi connectivity index (χ0v) is 19.5. The van der Waals surface area contributed by atoms with Gasteiger partial charge in [-0.25, -0.2) is 4.79 Å². The van der Waals surface area contributed by atoms with Crippen molar-refractivity contribution < 1.29 is 9.53 Å². The number of morpholine rings is 1. The summed E-state index contributed by atoms with van der Waals surface area (Å²) >= 11 is 5.31. The molecule has 2 saturated heterocycles. The van der Waals surface area contributed by atoms with Crippen molar-refractivity contribution in [1.82, 2.24) is 20.0 Å². The van der Waals surface area contributed by atoms with E-state index in [1.807, 2.05) is 23.1 Å². The second-order valence-electron chi connectivity index (χ2n) is 7.79. The first-order valence-electron chi connectivity index (χ1n) is 10.5. The van der Waals surface area contributed by atoms with Crippen molar-refractivity contribution in [2.24, 2.45) is 0 Å². The van der Waals surface area contributed by atoms with Gasteiger partial charge in [0, 0.05) is 57.2 Å². The van der Waals surface area contributed by atoms with Crippen molar-refractivity contribution in [3.63, 3.8) is 0 Å². The third-order valence-electron chi connectivity index (χ3n) is 5.71. The third kappa shape index (κ3) is 6.04. The zero-order valence-electron chi connectivity index (χ0n) is 17.1. The molecular formula is C22H29BrN4O2S. The minimum atomic E-state index is -0.0155. The van der Waals surface area contributed by atoms with E-state index in [1.165, 1.54) is 8.66 Å². The monoisotopic (exact) mass is 492 g/mol. The van der Waals surface area contributed by atoms with Crippen LogP contribution >= 0.6 is 27.3 Å². The van der Waals surface area contributed by atoms with Crippen molar-refractivity contribution >= 4 is 33.3 Å². The number of hydrogen-bond donors (Lipinski definition) is 1. The average Bonchev–Trinajstić information content (AvgIpc) is 3.19. The molecule has 4 rings (SSSR count). The Morgan fingerprint density at radius 1 is 1.00 bits per heavy atom. The smallest absolute Gasteiger partial charge is 0.318 e. The van der Waals surface area contributed by atoms with Gasteiger partial charge in [0.05, 0.1) is 23.0 Å². The van der Waals surface area contributed by atoms with Crippen molar-refractivity contribution in [2.45, 2.75) is 12.6 Å². The molecule has 0 spiro atoms. The van der Waals surface area contributed by atoms with Crippen LogP contribution in [0.2, 0.25) is 0 Å². The second kappa shape index (κ2) is 10.7. The van der Waals surface area contributed by atoms with Crippen molar-refractivity contribution in [3.8, 4) is 0 Å². The van der Waals surface area contributed by atoms with Gasteiger partial charge in [-0.1, -0.05) is 30.3 Å². The fraction of sp³-hybridized carbons (Fsp3) is 0.500. The highest BCUT2D eigenvalue weighted by Gasteiger charge is 2.25. The van der Waals surface area contributed by atoms with E-state index in [1.54, 1.807) is 11.3 Å². The van der Waals surface area contributed by atoms with Crippen molar-refractivity contribution in [1.29, 1.82) is 0 Å². The van der Waals surface area contributed by atoms with Gasteiger partial charge in [0.15, 0.2) is 0 Å². The second-order valence-corrected chi connectivity index (χ2v) is 10.3. The summed E-state index contributed by atoms with van der Waals surface area (Å²) in [5.74, 6) is 0. The standard InChI is InChI=1S/C22H29BrN4O2S/c23-21-7-6-19(30-21)16-25-8-10-27(11-9-25)22(28)24-20(18-4-2-1-3-5-18)17-26-12-14-29-15-13-26/h1-7,20H,8-17H2,(H,24,28). The number of ether oxygens (including phenoxy) is 1. The molecule has 2 aliphatic rings. The first-order chi connectivity index (χ1) is 14.7. The van der Waals surface area contributed by atoms with Crippen LogP contribution in [0, 0.1) is 0 Å². The molecule has 2 aromatic rings. The van der Waals surface area contributed by atoms with E-state index in [4.69, 9.17) is 4.74 Å². The number of thiophene rings is 1. The molecule has 1 aromatic carbocycles. The van der Waals surface area contributed by atoms with E-state index >= 15 is 0 Å². The topological polar surface area (TPSA) is 48.1 Å². The summed E-state index contributed by atoms with van der Waals surface area (Å²) in [6.45, 7) is 8.45. The minimum Gasteiger partial charge on any atom is -0.379 e. The molecule has 2 aliphatic heterocycles. The lowest BCUT2D eigenvalue weighted by Crippen LogP contribution is -2.53. The lowest BCUT2D eigenvalue weighted by Gasteiger charge is -2.36. The number of carbonyl (C=O) groups excluding carboxylic acids is 1. The van der Waals surface area contributed by atoms with Crippen LogP contribution in [0.15, 0.2) is 46.3 Å². The molecule has 0 saturated carbocycles. The first-order valence-corrected chi connectivity index (χ1v) is 12.2. The summed E-state index contributed by atoms with van der Waals surface area (Å²) in [5, 5.41) is 3.30. The maximum absolute atomic E-state index is 13.0. The van der Waals surface area contributed by atoms with E-state index < -0.39 is 0 Å². The summed E-state index contributed by atoms with van der Waals surface area (Å²) in [5.41, 5.74) is 1.15. The van der Waals surface area contributed by atoms with Gasteiger partial charge in [0.25, 0.3) is 0 Å². The van der Waals surface area contributed by atoms with Crippen molar-refractivity contribution in [2.75, 3.05) is 59.0 Å². The van der Waals surface area contributed by atoms with Crippen LogP contribution in [0.5, 0.6) is 0 Å². The third-order valence-corrected chi connectivity index (χ3v) is 7.32. The maximum atomic E-state index is 13.0. The normalized spacial score (nSPS) is 19.6. The summed E-state index contributed by atoms with van der Waals surface area (Å²) in [6, 6.07) is 14.6. The number of amides is 2. The van der Waals surface area contributed by atoms with Crippen LogP contribution in [0.3, 0.4) is 0 Å². The number of urea groups is 1. The summed E-state index contributed by atoms with van der Waals surface area (Å²) in [7, 11) is 0. The number of carbonyl (C=O) groups is 1. The molecule has 0 aliphatic carbocycles. The number of halogens is 1. The fourth-order valence-electron chi connectivity index (χ4n) is 3.97. The molecule has 6 nitrogen and oxygen atoms in total. The van der Waals surface area contributed by atoms with Crippen LogP contribution in [0.4, 0.5) is 4.79 Å². The molecule has 1 N–H and O–H groups in total. The predicted octanol–water partition coefficient (Wildman–Crippen LogP) is 3.41.